The first kappa shape index (κ1) is 18.8. The topological polar surface area (TPSA) is 50.4 Å². The number of nitrogens with one attached hydrogen (secondary N) is 2. The summed E-state index contributed by atoms with van der Waals surface area (Å²) in [6.45, 7) is 9.12. The zero-order valence-electron chi connectivity index (χ0n) is 13.9. The van der Waals surface area contributed by atoms with Crippen LogP contribution < -0.4 is 10.6 Å². The molecule has 5 heteroatoms. The van der Waals surface area contributed by atoms with Gasteiger partial charge in [-0.2, -0.15) is 0 Å². The Kier molecular flexibility index (Phi) is 7.69. The number of hydrogen-bond donors (Lipinski definition) is 2. The molecule has 0 aromatic heterocycles. The fourth-order valence-corrected chi connectivity index (χ4v) is 2.22. The molecule has 1 amide bonds. The number of alkyl carbamates (subject to hydrolysis) is 1. The lowest BCUT2D eigenvalue weighted by Gasteiger charge is -2.20. The van der Waals surface area contributed by atoms with Gasteiger partial charge in [0.05, 0.1) is 0 Å². The van der Waals surface area contributed by atoms with E-state index >= 15 is 0 Å². The van der Waals surface area contributed by atoms with Gasteiger partial charge >= 0.3 is 6.09 Å². The predicted octanol–water partition coefficient (Wildman–Crippen LogP) is 3.78. The van der Waals surface area contributed by atoms with Gasteiger partial charge in [-0.25, -0.2) is 4.79 Å². The van der Waals surface area contributed by atoms with E-state index in [4.69, 9.17) is 16.3 Å². The highest BCUT2D eigenvalue weighted by Crippen LogP contribution is 2.16. The first-order chi connectivity index (χ1) is 10.3. The second-order valence-electron chi connectivity index (χ2n) is 6.43. The minimum atomic E-state index is -0.453. The molecule has 1 unspecified atom stereocenters. The van der Waals surface area contributed by atoms with Crippen LogP contribution in [0.2, 0.25) is 5.02 Å². The van der Waals surface area contributed by atoms with Crippen molar-refractivity contribution in [2.24, 2.45) is 0 Å². The molecule has 1 rings (SSSR count). The van der Waals surface area contributed by atoms with Crippen molar-refractivity contribution in [3.05, 3.63) is 34.9 Å². The van der Waals surface area contributed by atoms with Gasteiger partial charge in [0.1, 0.15) is 5.60 Å². The Bertz CT molecular complexity index is 472. The molecule has 0 aliphatic rings. The molecule has 2 N–H and O–H groups in total. The van der Waals surface area contributed by atoms with Crippen LogP contribution in [0, 0.1) is 0 Å². The van der Waals surface area contributed by atoms with Crippen molar-refractivity contribution in [2.75, 3.05) is 13.1 Å². The molecule has 0 heterocycles. The van der Waals surface area contributed by atoms with Crippen LogP contribution in [0.5, 0.6) is 0 Å². The average molecular weight is 327 g/mol. The zero-order chi connectivity index (χ0) is 16.6. The summed E-state index contributed by atoms with van der Waals surface area (Å²) in [4.78, 5) is 11.5. The van der Waals surface area contributed by atoms with Gasteiger partial charge in [0.15, 0.2) is 0 Å². The lowest BCUT2D eigenvalue weighted by atomic mass is 10.1. The second kappa shape index (κ2) is 9.01. The van der Waals surface area contributed by atoms with Crippen molar-refractivity contribution >= 4 is 17.7 Å². The van der Waals surface area contributed by atoms with Crippen molar-refractivity contribution in [1.82, 2.24) is 10.6 Å². The Balaban J connectivity index is 2.14. The number of halogens is 1. The van der Waals surface area contributed by atoms with Gasteiger partial charge in [0, 0.05) is 17.6 Å². The fraction of sp³-hybridized carbons (Fsp3) is 0.588. The van der Waals surface area contributed by atoms with Gasteiger partial charge in [-0.3, -0.25) is 0 Å². The van der Waals surface area contributed by atoms with Crippen molar-refractivity contribution in [3.8, 4) is 0 Å². The van der Waals surface area contributed by atoms with Gasteiger partial charge in [-0.05, 0) is 58.7 Å². The second-order valence-corrected chi connectivity index (χ2v) is 6.84. The van der Waals surface area contributed by atoms with Crippen LogP contribution in [0.3, 0.4) is 0 Å². The van der Waals surface area contributed by atoms with E-state index in [-0.39, 0.29) is 6.09 Å². The normalized spacial score (nSPS) is 12.8. The van der Waals surface area contributed by atoms with E-state index in [9.17, 15) is 4.79 Å². The van der Waals surface area contributed by atoms with Gasteiger partial charge in [-0.15, -0.1) is 0 Å². The lowest BCUT2D eigenvalue weighted by molar-refractivity contribution is 0.0527. The number of hydrogen-bond acceptors (Lipinski definition) is 3. The number of rotatable bonds is 7. The van der Waals surface area contributed by atoms with E-state index < -0.39 is 5.60 Å². The van der Waals surface area contributed by atoms with Crippen molar-refractivity contribution in [1.29, 1.82) is 0 Å². The molecule has 0 bridgehead atoms. The summed E-state index contributed by atoms with van der Waals surface area (Å²) in [5.41, 5.74) is 0.697. The molecule has 0 fully saturated rings. The third-order valence-electron chi connectivity index (χ3n) is 3.00. The van der Waals surface area contributed by atoms with E-state index in [1.165, 1.54) is 0 Å². The minimum absolute atomic E-state index is 0.335. The largest absolute Gasteiger partial charge is 0.444 e. The molecule has 0 spiro atoms. The molecule has 0 radical (unpaired) electrons. The van der Waals surface area contributed by atoms with Crippen molar-refractivity contribution in [3.63, 3.8) is 0 Å². The summed E-state index contributed by atoms with van der Waals surface area (Å²) in [5, 5.41) is 6.99. The van der Waals surface area contributed by atoms with E-state index in [1.54, 1.807) is 0 Å². The maximum absolute atomic E-state index is 11.5. The first-order valence-corrected chi connectivity index (χ1v) is 8.09. The summed E-state index contributed by atoms with van der Waals surface area (Å²) in [6.07, 6.45) is 1.38. The summed E-state index contributed by atoms with van der Waals surface area (Å²) < 4.78 is 5.17. The van der Waals surface area contributed by atoms with Crippen LogP contribution in [-0.2, 0) is 11.2 Å². The molecule has 1 atom stereocenters. The lowest BCUT2D eigenvalue weighted by Crippen LogP contribution is -2.35. The summed E-state index contributed by atoms with van der Waals surface area (Å²) in [7, 11) is 0. The van der Waals surface area contributed by atoms with Gasteiger partial charge in [0.25, 0.3) is 0 Å². The van der Waals surface area contributed by atoms with Crippen molar-refractivity contribution < 1.29 is 9.53 Å². The smallest absolute Gasteiger partial charge is 0.407 e. The first-order valence-electron chi connectivity index (χ1n) is 7.71. The van der Waals surface area contributed by atoms with E-state index in [1.807, 2.05) is 45.0 Å². The molecule has 0 aliphatic heterocycles. The Morgan fingerprint density at radius 3 is 2.59 bits per heavy atom. The molecule has 1 aromatic rings. The molecule has 0 saturated heterocycles. The molecular formula is C17H27ClN2O2. The SMILES string of the molecule is CC(Cc1ccccc1Cl)NCCCNC(=O)OC(C)(C)C. The number of benzene rings is 1. The van der Waals surface area contributed by atoms with Crippen LogP contribution in [0.4, 0.5) is 4.79 Å². The van der Waals surface area contributed by atoms with E-state index in [0.29, 0.717) is 12.6 Å². The predicted molar refractivity (Wildman–Crippen MR) is 91.5 cm³/mol. The number of carbonyl (C=O) groups is 1. The van der Waals surface area contributed by atoms with Gasteiger partial charge < -0.3 is 15.4 Å². The number of ether oxygens (including phenoxy) is 1. The molecule has 4 nitrogen and oxygen atoms in total. The van der Waals surface area contributed by atoms with Gasteiger partial charge in [0.2, 0.25) is 0 Å². The maximum atomic E-state index is 11.5. The highest BCUT2D eigenvalue weighted by Gasteiger charge is 2.15. The molecule has 1 aromatic carbocycles. The third-order valence-corrected chi connectivity index (χ3v) is 3.37. The van der Waals surface area contributed by atoms with Crippen molar-refractivity contribution in [2.45, 2.75) is 52.2 Å². The fourth-order valence-electron chi connectivity index (χ4n) is 2.01. The third kappa shape index (κ3) is 8.25. The summed E-state index contributed by atoms with van der Waals surface area (Å²) >= 11 is 6.15. The molecule has 22 heavy (non-hydrogen) atoms. The van der Waals surface area contributed by atoms with E-state index in [2.05, 4.69) is 17.6 Å². The van der Waals surface area contributed by atoms with Gasteiger partial charge in [-0.1, -0.05) is 29.8 Å². The standard InChI is InChI=1S/C17H27ClN2O2/c1-13(12-14-8-5-6-9-15(14)18)19-10-7-11-20-16(21)22-17(2,3)4/h5-6,8-9,13,19H,7,10-12H2,1-4H3,(H,20,21). The number of carbonyl (C=O) groups excluding carboxylic acids is 1. The van der Waals surface area contributed by atoms with Crippen LogP contribution in [0.15, 0.2) is 24.3 Å². The van der Waals surface area contributed by atoms with E-state index in [0.717, 1.165) is 30.0 Å². The maximum Gasteiger partial charge on any atom is 0.407 e. The Hall–Kier alpha value is -1.26. The Morgan fingerprint density at radius 2 is 1.95 bits per heavy atom. The molecule has 124 valence electrons. The van der Waals surface area contributed by atoms with Crippen LogP contribution in [-0.4, -0.2) is 30.8 Å². The number of amides is 1. The minimum Gasteiger partial charge on any atom is -0.444 e. The van der Waals surface area contributed by atoms with Crippen LogP contribution in [0.25, 0.3) is 0 Å². The van der Waals surface area contributed by atoms with Crippen LogP contribution in [0.1, 0.15) is 39.7 Å². The molecule has 0 saturated carbocycles. The molecular weight excluding hydrogens is 300 g/mol. The van der Waals surface area contributed by atoms with Crippen LogP contribution >= 0.6 is 11.6 Å². The summed E-state index contributed by atoms with van der Waals surface area (Å²) in [6, 6.07) is 8.23. The zero-order valence-corrected chi connectivity index (χ0v) is 14.7. The quantitative estimate of drug-likeness (QED) is 0.750. The average Bonchev–Trinajstić information content (AvgIpc) is 2.39. The highest BCUT2D eigenvalue weighted by molar-refractivity contribution is 6.31. The monoisotopic (exact) mass is 326 g/mol. The summed E-state index contributed by atoms with van der Waals surface area (Å²) in [5.74, 6) is 0. The Labute approximate surface area is 138 Å². The highest BCUT2D eigenvalue weighted by atomic mass is 35.5. The molecule has 0 aliphatic carbocycles. The Morgan fingerprint density at radius 1 is 1.27 bits per heavy atom.